The van der Waals surface area contributed by atoms with Crippen LogP contribution >= 0.6 is 0 Å². The smallest absolute Gasteiger partial charge is 0.0540 e. The molecule has 0 aliphatic heterocycles. The highest BCUT2D eigenvalue weighted by molar-refractivity contribution is 4.72. The van der Waals surface area contributed by atoms with E-state index in [9.17, 15) is 5.11 Å². The fourth-order valence-electron chi connectivity index (χ4n) is 2.34. The molecule has 1 rings (SSSR count). The molecular weight excluding hydrogens is 174 g/mol. The average Bonchev–Trinajstić information content (AvgIpc) is 2.22. The Bertz CT molecular complexity index is 137. The molecular formula is C12H25NO. The summed E-state index contributed by atoms with van der Waals surface area (Å²) in [6.07, 6.45) is 5.87. The Balaban J connectivity index is 2.12. The van der Waals surface area contributed by atoms with Gasteiger partial charge in [0.1, 0.15) is 0 Å². The number of hydrogen-bond donors (Lipinski definition) is 1. The van der Waals surface area contributed by atoms with E-state index in [1.54, 1.807) is 0 Å². The summed E-state index contributed by atoms with van der Waals surface area (Å²) < 4.78 is 0. The molecule has 1 N–H and O–H groups in total. The predicted molar refractivity (Wildman–Crippen MR) is 60.4 cm³/mol. The van der Waals surface area contributed by atoms with Crippen LogP contribution in [0.1, 0.15) is 46.0 Å². The Morgan fingerprint density at radius 1 is 1.07 bits per heavy atom. The molecule has 2 heteroatoms. The first-order valence-electron chi connectivity index (χ1n) is 6.16. The second kappa shape index (κ2) is 6.41. The number of aliphatic hydroxyl groups excluding tert-OH is 1. The van der Waals surface area contributed by atoms with Crippen LogP contribution in [0.15, 0.2) is 0 Å². The molecule has 0 amide bonds. The Hall–Kier alpha value is -0.0800. The summed E-state index contributed by atoms with van der Waals surface area (Å²) in [7, 11) is 0. The number of rotatable bonds is 5. The van der Waals surface area contributed by atoms with Gasteiger partial charge in [0.25, 0.3) is 0 Å². The van der Waals surface area contributed by atoms with Crippen LogP contribution in [0.4, 0.5) is 0 Å². The molecule has 14 heavy (non-hydrogen) atoms. The van der Waals surface area contributed by atoms with Crippen molar-refractivity contribution in [2.24, 2.45) is 5.92 Å². The van der Waals surface area contributed by atoms with Crippen molar-refractivity contribution in [2.45, 2.75) is 52.1 Å². The maximum absolute atomic E-state index is 9.39. The maximum Gasteiger partial charge on any atom is 0.0540 e. The summed E-state index contributed by atoms with van der Waals surface area (Å²) in [6.45, 7) is 8.05. The van der Waals surface area contributed by atoms with Crippen LogP contribution in [0.25, 0.3) is 0 Å². The van der Waals surface area contributed by atoms with E-state index in [-0.39, 0.29) is 6.10 Å². The second-order valence-corrected chi connectivity index (χ2v) is 4.49. The summed E-state index contributed by atoms with van der Waals surface area (Å²) in [5.74, 6) is 0.874. The number of hydrogen-bond acceptors (Lipinski definition) is 2. The van der Waals surface area contributed by atoms with Crippen LogP contribution in [-0.2, 0) is 0 Å². The van der Waals surface area contributed by atoms with Gasteiger partial charge in [0.2, 0.25) is 0 Å². The molecule has 84 valence electrons. The highest BCUT2D eigenvalue weighted by Gasteiger charge is 2.19. The Labute approximate surface area is 88.3 Å². The molecule has 0 spiro atoms. The van der Waals surface area contributed by atoms with Crippen molar-refractivity contribution in [1.82, 2.24) is 4.90 Å². The molecule has 0 aromatic carbocycles. The van der Waals surface area contributed by atoms with Crippen molar-refractivity contribution in [3.05, 3.63) is 0 Å². The van der Waals surface area contributed by atoms with Gasteiger partial charge in [-0.25, -0.2) is 0 Å². The third kappa shape index (κ3) is 3.97. The van der Waals surface area contributed by atoms with Crippen molar-refractivity contribution in [3.8, 4) is 0 Å². The lowest BCUT2D eigenvalue weighted by molar-refractivity contribution is 0.103. The van der Waals surface area contributed by atoms with Crippen LogP contribution in [0.2, 0.25) is 0 Å². The summed E-state index contributed by atoms with van der Waals surface area (Å²) in [6, 6.07) is 0. The van der Waals surface area contributed by atoms with Crippen molar-refractivity contribution >= 4 is 0 Å². The molecule has 2 nitrogen and oxygen atoms in total. The molecule has 0 atom stereocenters. The van der Waals surface area contributed by atoms with Crippen molar-refractivity contribution in [1.29, 1.82) is 0 Å². The van der Waals surface area contributed by atoms with Gasteiger partial charge in [0.05, 0.1) is 6.10 Å². The molecule has 0 bridgehead atoms. The first-order chi connectivity index (χ1) is 6.76. The van der Waals surface area contributed by atoms with Crippen molar-refractivity contribution in [3.63, 3.8) is 0 Å². The van der Waals surface area contributed by atoms with Crippen LogP contribution in [-0.4, -0.2) is 35.7 Å². The van der Waals surface area contributed by atoms with Crippen LogP contribution in [0.5, 0.6) is 0 Å². The van der Waals surface area contributed by atoms with Gasteiger partial charge in [-0.2, -0.15) is 0 Å². The lowest BCUT2D eigenvalue weighted by Gasteiger charge is -2.27. The zero-order valence-corrected chi connectivity index (χ0v) is 9.71. The van der Waals surface area contributed by atoms with E-state index in [0.717, 1.165) is 18.8 Å². The van der Waals surface area contributed by atoms with E-state index in [1.165, 1.54) is 38.9 Å². The lowest BCUT2D eigenvalue weighted by Crippen LogP contribution is -2.27. The van der Waals surface area contributed by atoms with Gasteiger partial charge >= 0.3 is 0 Å². The van der Waals surface area contributed by atoms with Crippen LogP contribution in [0, 0.1) is 5.92 Å². The highest BCUT2D eigenvalue weighted by Crippen LogP contribution is 2.26. The minimum atomic E-state index is -0.000275. The normalized spacial score (nSPS) is 28.3. The Kier molecular flexibility index (Phi) is 5.49. The van der Waals surface area contributed by atoms with E-state index in [1.807, 2.05) is 0 Å². The zero-order valence-electron chi connectivity index (χ0n) is 9.71. The maximum atomic E-state index is 9.39. The topological polar surface area (TPSA) is 23.5 Å². The van der Waals surface area contributed by atoms with E-state index >= 15 is 0 Å². The monoisotopic (exact) mass is 199 g/mol. The summed E-state index contributed by atoms with van der Waals surface area (Å²) in [5.41, 5.74) is 0. The van der Waals surface area contributed by atoms with Gasteiger partial charge in [0.15, 0.2) is 0 Å². The van der Waals surface area contributed by atoms with E-state index < -0.39 is 0 Å². The molecule has 1 fully saturated rings. The van der Waals surface area contributed by atoms with Gasteiger partial charge in [-0.1, -0.05) is 13.8 Å². The third-order valence-corrected chi connectivity index (χ3v) is 3.56. The molecule has 0 heterocycles. The summed E-state index contributed by atoms with van der Waals surface area (Å²) in [5, 5.41) is 9.39. The molecule has 0 unspecified atom stereocenters. The summed E-state index contributed by atoms with van der Waals surface area (Å²) in [4.78, 5) is 2.49. The first kappa shape index (κ1) is 12.0. The van der Waals surface area contributed by atoms with Crippen LogP contribution < -0.4 is 0 Å². The zero-order chi connectivity index (χ0) is 10.4. The van der Waals surface area contributed by atoms with Gasteiger partial charge in [-0.3, -0.25) is 0 Å². The number of aliphatic hydroxyl groups is 1. The molecule has 0 aromatic rings. The van der Waals surface area contributed by atoms with E-state index in [0.29, 0.717) is 0 Å². The molecule has 1 aliphatic rings. The molecule has 1 aliphatic carbocycles. The Morgan fingerprint density at radius 3 is 2.14 bits per heavy atom. The molecule has 0 radical (unpaired) electrons. The SMILES string of the molecule is CCN(CC)CCC1CCC(O)CC1. The highest BCUT2D eigenvalue weighted by atomic mass is 16.3. The van der Waals surface area contributed by atoms with Gasteiger partial charge in [-0.05, 0) is 57.7 Å². The van der Waals surface area contributed by atoms with Gasteiger partial charge in [0, 0.05) is 0 Å². The third-order valence-electron chi connectivity index (χ3n) is 3.56. The first-order valence-corrected chi connectivity index (χ1v) is 6.16. The van der Waals surface area contributed by atoms with Crippen molar-refractivity contribution in [2.75, 3.05) is 19.6 Å². The minimum absolute atomic E-state index is 0.000275. The lowest BCUT2D eigenvalue weighted by atomic mass is 9.85. The predicted octanol–water partition coefficient (Wildman–Crippen LogP) is 2.27. The molecule has 0 aromatic heterocycles. The van der Waals surface area contributed by atoms with Crippen LogP contribution in [0.3, 0.4) is 0 Å². The standard InChI is InChI=1S/C12H25NO/c1-3-13(4-2)10-9-11-5-7-12(14)8-6-11/h11-12,14H,3-10H2,1-2H3. The minimum Gasteiger partial charge on any atom is -0.393 e. The average molecular weight is 199 g/mol. The fraction of sp³-hybridized carbons (Fsp3) is 1.00. The van der Waals surface area contributed by atoms with E-state index in [4.69, 9.17) is 0 Å². The largest absolute Gasteiger partial charge is 0.393 e. The Morgan fingerprint density at radius 2 is 1.64 bits per heavy atom. The molecule has 1 saturated carbocycles. The van der Waals surface area contributed by atoms with E-state index in [2.05, 4.69) is 18.7 Å². The number of nitrogens with zero attached hydrogens (tertiary/aromatic N) is 1. The van der Waals surface area contributed by atoms with Crippen molar-refractivity contribution < 1.29 is 5.11 Å². The van der Waals surface area contributed by atoms with Gasteiger partial charge in [-0.15, -0.1) is 0 Å². The summed E-state index contributed by atoms with van der Waals surface area (Å²) >= 11 is 0. The second-order valence-electron chi connectivity index (χ2n) is 4.49. The fourth-order valence-corrected chi connectivity index (χ4v) is 2.34. The molecule has 0 saturated heterocycles. The van der Waals surface area contributed by atoms with Gasteiger partial charge < -0.3 is 10.0 Å². The quantitative estimate of drug-likeness (QED) is 0.734.